The summed E-state index contributed by atoms with van der Waals surface area (Å²) in [7, 11) is 0.254. The molecule has 5 nitrogen and oxygen atoms in total. The number of H-pyrrole nitrogens is 1. The Morgan fingerprint density at radius 1 is 1.25 bits per heavy atom. The Morgan fingerprint density at radius 3 is 2.39 bits per heavy atom. The zero-order valence-electron chi connectivity index (χ0n) is 19.9. The number of hydrogen-bond donors (Lipinski definition) is 1. The van der Waals surface area contributed by atoms with Crippen LogP contribution in [0.5, 0.6) is 0 Å². The van der Waals surface area contributed by atoms with E-state index in [9.17, 15) is 8.42 Å². The van der Waals surface area contributed by atoms with Crippen LogP contribution in [0.3, 0.4) is 0 Å². The Hall–Kier alpha value is -1.37. The first-order valence-electron chi connectivity index (χ1n) is 10.5. The van der Waals surface area contributed by atoms with Crippen molar-refractivity contribution in [3.05, 3.63) is 35.0 Å². The summed E-state index contributed by atoms with van der Waals surface area (Å²) in [6.07, 6.45) is 1.87. The monoisotopic (exact) mass is 527 g/mol. The number of fused-ring (bicyclic) bond motifs is 1. The lowest BCUT2D eigenvalue weighted by atomic mass is 9.83. The van der Waals surface area contributed by atoms with Gasteiger partial charge in [-0.3, -0.25) is 0 Å². The fraction of sp³-hybridized carbons (Fsp3) is 0.636. The van der Waals surface area contributed by atoms with Crippen LogP contribution in [0.4, 0.5) is 0 Å². The average Bonchev–Trinajstić information content (AvgIpc) is 2.95. The van der Waals surface area contributed by atoms with Gasteiger partial charge >= 0.3 is 0 Å². The molecule has 2 rings (SSSR count). The predicted octanol–water partition coefficient (Wildman–Crippen LogP) is 19.0. The lowest BCUT2D eigenvalue weighted by Crippen LogP contribution is -2.36. The molecule has 0 saturated carbocycles. The maximum Gasteiger partial charge on any atom is 0.220 e. The molecule has 0 fully saturated rings. The summed E-state index contributed by atoms with van der Waals surface area (Å²) in [5, 5.41) is 0.312. The zero-order chi connectivity index (χ0) is 22.3. The third kappa shape index (κ3) is 4.29. The number of nitrogens with zero attached hydrogens (tertiary/aromatic N) is 2. The van der Waals surface area contributed by atoms with E-state index >= 15 is 0 Å². The smallest absolute Gasteiger partial charge is 0.220 e. The molecule has 28 heavy (non-hydrogen) atoms. The van der Waals surface area contributed by atoms with Gasteiger partial charge in [0.15, 0.2) is 1.41 Å². The molecular weight excluding hydrogens is 370 g/mol. The zero-order valence-corrected chi connectivity index (χ0v) is 19.7. The number of nitrogens with one attached hydrogen (secondary N) is 1. The standard InChI is InChI=1S/C22H37N3O2S.59H2/c1-10-24(8)14-22(6,7)20-13-23-21-11-16(4)18(12-19(20)21)17(5)28(26,27)25(9)15(2)3;;;;;;;;;;;;;;;;;;;;;;;;;;;;;;;;;;;;;;;;;;;;;;;;;;;;;;;;;;;/h11-13,15,17,23H,10,14H2,1-9H3;59*1H/i/hD. The highest BCUT2D eigenvalue weighted by atomic mass is 32.2. The highest BCUT2D eigenvalue weighted by Crippen LogP contribution is 2.36. The molecule has 0 bridgehead atoms. The lowest BCUT2D eigenvalue weighted by molar-refractivity contribution is 0.281. The summed E-state index contributed by atoms with van der Waals surface area (Å²) < 4.78 is 36.1. The van der Waals surface area contributed by atoms with Gasteiger partial charge in [-0.2, -0.15) is 0 Å². The largest absolute Gasteiger partial charge is 0.361 e. The van der Waals surface area contributed by atoms with Crippen LogP contribution in [0.1, 0.15) is 148 Å². The number of likely N-dealkylation sites (N-methyl/N-ethyl adjacent to an activating group) is 1. The van der Waals surface area contributed by atoms with Crippen LogP contribution >= 0.6 is 0 Å². The third-order valence-corrected chi connectivity index (χ3v) is 8.33. The number of aromatic amines is 1. The summed E-state index contributed by atoms with van der Waals surface area (Å²) in [5.41, 5.74) is 3.42. The summed E-state index contributed by atoms with van der Waals surface area (Å²) in [6, 6.07) is 3.84. The Balaban J connectivity index is -0.00000000272. The minimum absolute atomic E-state index is 0. The van der Waals surface area contributed by atoms with E-state index in [1.165, 1.54) is 9.28 Å². The van der Waals surface area contributed by atoms with E-state index in [1.54, 1.807) is 14.0 Å². The van der Waals surface area contributed by atoms with E-state index in [0.717, 1.165) is 40.7 Å². The SMILES string of the molecule is [2H]n1cc(C(C)(C)CN(C)CC)c2cc(C(C)S(=O)(=O)N(C)C(C)C)c(C)cc21.[HH].[HH].[HH].[HH].[HH].[HH].[HH].[HH].[HH].[HH].[HH].[HH].[HH].[HH].[HH].[HH].[HH].[HH].[HH].[HH].[HH].[HH].[HH].[HH].[HH].[HH].[HH].[HH].[HH].[HH].[HH].[HH].[HH].[HH].[HH].[HH].[HH].[HH].[HH].[HH].[HH].[HH].[HH].[HH].[HH].[HH].[HH].[HH].[HH].[HH].[HH].[HH].[HH].[HH].[HH].[HH].[HH].[HH].[HH]. The van der Waals surface area contributed by atoms with E-state index in [1.807, 2.05) is 39.1 Å². The van der Waals surface area contributed by atoms with Crippen LogP contribution in [0, 0.1) is 6.92 Å². The van der Waals surface area contributed by atoms with Gasteiger partial charge in [0.25, 0.3) is 0 Å². The predicted molar refractivity (Wildman–Crippen MR) is 244 cm³/mol. The fourth-order valence-corrected chi connectivity index (χ4v) is 5.45. The van der Waals surface area contributed by atoms with Crippen LogP contribution < -0.4 is 0 Å². The van der Waals surface area contributed by atoms with Crippen LogP contribution in [-0.4, -0.2) is 55.8 Å². The van der Waals surface area contributed by atoms with Gasteiger partial charge in [-0.25, -0.2) is 12.7 Å². The number of sulfonamides is 1. The van der Waals surface area contributed by atoms with Gasteiger partial charge in [0.1, 0.15) is 0 Å². The first-order valence-corrected chi connectivity index (χ1v) is 11.5. The molecule has 1 aromatic heterocycles. The van der Waals surface area contributed by atoms with Crippen molar-refractivity contribution < 1.29 is 94.0 Å². The van der Waals surface area contributed by atoms with E-state index in [2.05, 4.69) is 32.7 Å². The summed E-state index contributed by atoms with van der Waals surface area (Å²) in [4.78, 5) is 3.67. The van der Waals surface area contributed by atoms with Crippen molar-refractivity contribution in [3.63, 3.8) is 0 Å². The summed E-state index contributed by atoms with van der Waals surface area (Å²) in [5.74, 6) is 0. The van der Waals surface area contributed by atoms with Gasteiger partial charge in [-0.05, 0) is 70.1 Å². The van der Waals surface area contributed by atoms with E-state index in [4.69, 9.17) is 1.41 Å². The maximum atomic E-state index is 13.1. The Kier molecular flexibility index (Phi) is 6.23. The molecule has 0 spiro atoms. The van der Waals surface area contributed by atoms with Gasteiger partial charge in [0.05, 0.1) is 5.25 Å². The quantitative estimate of drug-likeness (QED) is 0.371. The fourth-order valence-electron chi connectivity index (χ4n) is 3.79. The highest BCUT2D eigenvalue weighted by molar-refractivity contribution is 7.89. The minimum atomic E-state index is -3.48. The van der Waals surface area contributed by atoms with Gasteiger partial charge in [-0.1, -0.05) is 20.8 Å². The van der Waals surface area contributed by atoms with Crippen LogP contribution in [0.25, 0.3) is 10.9 Å². The van der Waals surface area contributed by atoms with E-state index < -0.39 is 15.3 Å². The molecule has 2 aromatic rings. The lowest BCUT2D eigenvalue weighted by Gasteiger charge is -2.30. The summed E-state index contributed by atoms with van der Waals surface area (Å²) in [6.45, 7) is 15.7. The third-order valence-electron chi connectivity index (χ3n) is 5.95. The second-order valence-electron chi connectivity index (χ2n) is 8.91. The Labute approximate surface area is 260 Å². The molecule has 1 aromatic carbocycles. The molecule has 1 atom stereocenters. The van der Waals surface area contributed by atoms with E-state index in [-0.39, 0.29) is 95.6 Å². The average molecular weight is 528 g/mol. The second kappa shape index (κ2) is 8.17. The first kappa shape index (κ1) is 21.3. The van der Waals surface area contributed by atoms with Crippen LogP contribution in [0.2, 0.25) is 1.41 Å². The van der Waals surface area contributed by atoms with Gasteiger partial charge in [0.2, 0.25) is 10.0 Å². The molecule has 1 heterocycles. The van der Waals surface area contributed by atoms with Crippen molar-refractivity contribution in [1.82, 2.24) is 14.2 Å². The molecular formula is C22H155N3O2S. The second-order valence-corrected chi connectivity index (χ2v) is 11.2. The number of rotatable bonds is 8. The number of aryl methyl sites for hydroxylation is 1. The van der Waals surface area contributed by atoms with Crippen LogP contribution in [0.15, 0.2) is 18.3 Å². The van der Waals surface area contributed by atoms with Gasteiger partial charge < -0.3 is 9.88 Å². The molecule has 0 amide bonds. The van der Waals surface area contributed by atoms with Crippen molar-refractivity contribution in [2.75, 3.05) is 27.2 Å². The first-order chi connectivity index (χ1) is 13.2. The topological polar surface area (TPSA) is 56.4 Å². The minimum Gasteiger partial charge on any atom is -0.361 e. The molecule has 6 heteroatoms. The van der Waals surface area contributed by atoms with E-state index in [0.29, 0.717) is 0 Å². The number of aromatic nitrogens is 1. The normalized spacial score (nSPS) is 15.1. The number of hydrogen-bond acceptors (Lipinski definition) is 3. The van der Waals surface area contributed by atoms with Crippen molar-refractivity contribution >= 4 is 20.9 Å². The molecule has 0 aliphatic carbocycles. The van der Waals surface area contributed by atoms with Gasteiger partial charge in [0, 0.05) is 126 Å². The highest BCUT2D eigenvalue weighted by Gasteiger charge is 2.31. The molecule has 1 unspecified atom stereocenters. The molecule has 0 radical (unpaired) electrons. The molecule has 1 N–H and O–H groups in total. The van der Waals surface area contributed by atoms with Crippen molar-refractivity contribution in [2.24, 2.45) is 0 Å². The Morgan fingerprint density at radius 2 is 1.86 bits per heavy atom. The van der Waals surface area contributed by atoms with Crippen LogP contribution in [-0.2, 0) is 15.4 Å². The van der Waals surface area contributed by atoms with Crippen molar-refractivity contribution in [2.45, 2.75) is 65.2 Å². The maximum absolute atomic E-state index is 13.1. The van der Waals surface area contributed by atoms with Gasteiger partial charge in [-0.15, -0.1) is 0 Å². The number of benzene rings is 1. The molecule has 0 aliphatic heterocycles. The molecule has 276 valence electrons. The Bertz CT molecular complexity index is 1050. The van der Waals surface area contributed by atoms with Crippen molar-refractivity contribution in [3.8, 4) is 0 Å². The summed E-state index contributed by atoms with van der Waals surface area (Å²) >= 11 is 0. The van der Waals surface area contributed by atoms with Crippen molar-refractivity contribution in [1.29, 1.82) is 0 Å². The molecule has 0 aliphatic rings. The molecule has 0 saturated heterocycles.